The van der Waals surface area contributed by atoms with Crippen molar-refractivity contribution < 1.29 is 40.6 Å². The summed E-state index contributed by atoms with van der Waals surface area (Å²) in [5.41, 5.74) is -4.11. The second kappa shape index (κ2) is 4.64. The molecule has 0 N–H and O–H groups in total. The lowest BCUT2D eigenvalue weighted by Gasteiger charge is -2.56. The summed E-state index contributed by atoms with van der Waals surface area (Å²) < 4.78 is 88.5. The van der Waals surface area contributed by atoms with E-state index < -0.39 is 53.9 Å². The number of hydrogen-bond donors (Lipinski definition) is 0. The standard InChI is InChI=1S/C14H14F6O3/c1-5(2)11(21)22-9-6-3-4-7(9)10-8(6)12(23-10,13(15,16)17)14(18,19)20/h6-10H,1,3-4H2,2H3. The summed E-state index contributed by atoms with van der Waals surface area (Å²) in [6.07, 6.45) is -12.8. The molecule has 9 heteroatoms. The van der Waals surface area contributed by atoms with Crippen molar-refractivity contribution in [2.75, 3.05) is 0 Å². The summed E-state index contributed by atoms with van der Waals surface area (Å²) in [4.78, 5) is 11.6. The van der Waals surface area contributed by atoms with Crippen molar-refractivity contribution in [3.8, 4) is 0 Å². The van der Waals surface area contributed by atoms with Crippen LogP contribution in [0, 0.1) is 17.8 Å². The molecule has 3 nitrogen and oxygen atoms in total. The number of alkyl halides is 6. The predicted octanol–water partition coefficient (Wildman–Crippen LogP) is 3.39. The fourth-order valence-corrected chi connectivity index (χ4v) is 4.26. The summed E-state index contributed by atoms with van der Waals surface area (Å²) in [6.45, 7) is 4.72. The maximum atomic E-state index is 13.2. The Morgan fingerprint density at radius 2 is 1.65 bits per heavy atom. The summed E-state index contributed by atoms with van der Waals surface area (Å²) in [5, 5.41) is 0. The molecule has 2 saturated carbocycles. The van der Waals surface area contributed by atoms with Gasteiger partial charge in [0.2, 0.25) is 0 Å². The van der Waals surface area contributed by atoms with Crippen molar-refractivity contribution in [2.24, 2.45) is 17.8 Å². The van der Waals surface area contributed by atoms with E-state index in [1.165, 1.54) is 6.92 Å². The van der Waals surface area contributed by atoms with Gasteiger partial charge in [-0.05, 0) is 19.8 Å². The second-order valence-electron chi connectivity index (χ2n) is 6.39. The van der Waals surface area contributed by atoms with Crippen LogP contribution in [-0.4, -0.2) is 36.1 Å². The monoisotopic (exact) mass is 344 g/mol. The molecule has 0 amide bonds. The largest absolute Gasteiger partial charge is 0.458 e. The average Bonchev–Trinajstić information content (AvgIpc) is 2.77. The number of hydrogen-bond acceptors (Lipinski definition) is 3. The molecule has 0 spiro atoms. The highest BCUT2D eigenvalue weighted by molar-refractivity contribution is 5.87. The van der Waals surface area contributed by atoms with E-state index in [0.29, 0.717) is 6.42 Å². The predicted molar refractivity (Wildman–Crippen MR) is 64.1 cm³/mol. The van der Waals surface area contributed by atoms with Gasteiger partial charge in [0.05, 0.1) is 6.10 Å². The third-order valence-corrected chi connectivity index (χ3v) is 5.14. The zero-order valence-electron chi connectivity index (χ0n) is 12.0. The Morgan fingerprint density at radius 1 is 1.13 bits per heavy atom. The minimum absolute atomic E-state index is 0.0440. The van der Waals surface area contributed by atoms with Crippen LogP contribution in [-0.2, 0) is 14.3 Å². The van der Waals surface area contributed by atoms with Crippen LogP contribution in [0.4, 0.5) is 26.3 Å². The quantitative estimate of drug-likeness (QED) is 0.438. The third-order valence-electron chi connectivity index (χ3n) is 5.14. The third kappa shape index (κ3) is 1.98. The Morgan fingerprint density at radius 3 is 2.13 bits per heavy atom. The second-order valence-corrected chi connectivity index (χ2v) is 6.39. The van der Waals surface area contributed by atoms with Crippen molar-refractivity contribution in [3.63, 3.8) is 0 Å². The van der Waals surface area contributed by atoms with Gasteiger partial charge in [0, 0.05) is 23.3 Å². The van der Waals surface area contributed by atoms with Gasteiger partial charge in [-0.3, -0.25) is 0 Å². The van der Waals surface area contributed by atoms with Gasteiger partial charge in [-0.15, -0.1) is 0 Å². The highest BCUT2D eigenvalue weighted by Crippen LogP contribution is 2.69. The minimum atomic E-state index is -5.57. The van der Waals surface area contributed by atoms with Gasteiger partial charge < -0.3 is 9.47 Å². The highest BCUT2D eigenvalue weighted by Gasteiger charge is 2.87. The topological polar surface area (TPSA) is 35.5 Å². The molecular weight excluding hydrogens is 330 g/mol. The lowest BCUT2D eigenvalue weighted by atomic mass is 9.68. The molecule has 23 heavy (non-hydrogen) atoms. The van der Waals surface area contributed by atoms with Gasteiger partial charge in [0.15, 0.2) is 0 Å². The molecule has 5 unspecified atom stereocenters. The fourth-order valence-electron chi connectivity index (χ4n) is 4.26. The van der Waals surface area contributed by atoms with Crippen LogP contribution in [0.5, 0.6) is 0 Å². The Kier molecular flexibility index (Phi) is 3.35. The van der Waals surface area contributed by atoms with Crippen LogP contribution in [0.2, 0.25) is 0 Å². The number of ether oxygens (including phenoxy) is 2. The van der Waals surface area contributed by atoms with Gasteiger partial charge in [0.1, 0.15) is 6.10 Å². The molecule has 2 aliphatic carbocycles. The zero-order chi connectivity index (χ0) is 17.4. The Labute approximate surface area is 127 Å². The van der Waals surface area contributed by atoms with E-state index in [1.807, 2.05) is 0 Å². The van der Waals surface area contributed by atoms with Crippen LogP contribution in [0.15, 0.2) is 12.2 Å². The van der Waals surface area contributed by atoms with Gasteiger partial charge >= 0.3 is 18.3 Å². The highest BCUT2D eigenvalue weighted by atomic mass is 19.4. The normalized spacial score (nSPS) is 38.0. The molecule has 0 aromatic rings. The van der Waals surface area contributed by atoms with E-state index in [-0.39, 0.29) is 12.0 Å². The maximum absolute atomic E-state index is 13.2. The first-order chi connectivity index (χ1) is 10.4. The lowest BCUT2D eigenvalue weighted by Crippen LogP contribution is -2.75. The molecule has 130 valence electrons. The van der Waals surface area contributed by atoms with Crippen LogP contribution in [0.25, 0.3) is 0 Å². The van der Waals surface area contributed by atoms with Crippen LogP contribution in [0.3, 0.4) is 0 Å². The zero-order valence-corrected chi connectivity index (χ0v) is 12.0. The molecule has 0 aromatic heterocycles. The van der Waals surface area contributed by atoms with E-state index in [4.69, 9.17) is 4.74 Å². The Hall–Kier alpha value is -1.25. The van der Waals surface area contributed by atoms with E-state index in [0.717, 1.165) is 0 Å². The molecule has 5 atom stereocenters. The van der Waals surface area contributed by atoms with E-state index in [2.05, 4.69) is 11.3 Å². The van der Waals surface area contributed by atoms with Crippen molar-refractivity contribution in [2.45, 2.75) is 49.9 Å². The SMILES string of the molecule is C=C(C)C(=O)OC1C2CCC1C1C2OC1(C(F)(F)F)C(F)(F)F. The molecular formula is C14H14F6O3. The van der Waals surface area contributed by atoms with Crippen LogP contribution in [0.1, 0.15) is 19.8 Å². The van der Waals surface area contributed by atoms with Gasteiger partial charge in [-0.1, -0.05) is 6.58 Å². The maximum Gasteiger partial charge on any atom is 0.426 e. The summed E-state index contributed by atoms with van der Waals surface area (Å²) in [7, 11) is 0. The summed E-state index contributed by atoms with van der Waals surface area (Å²) >= 11 is 0. The molecule has 1 aliphatic heterocycles. The first-order valence-corrected chi connectivity index (χ1v) is 7.09. The molecule has 1 saturated heterocycles. The van der Waals surface area contributed by atoms with E-state index >= 15 is 0 Å². The minimum Gasteiger partial charge on any atom is -0.458 e. The number of rotatable bonds is 2. The molecule has 3 fully saturated rings. The molecule has 0 radical (unpaired) electrons. The van der Waals surface area contributed by atoms with Gasteiger partial charge in [0.25, 0.3) is 5.60 Å². The molecule has 3 aliphatic rings. The molecule has 1 heterocycles. The van der Waals surface area contributed by atoms with E-state index in [1.54, 1.807) is 0 Å². The molecule has 0 aromatic carbocycles. The first kappa shape index (κ1) is 16.6. The Bertz CT molecular complexity index is 538. The van der Waals surface area contributed by atoms with Crippen LogP contribution >= 0.6 is 0 Å². The molecule has 2 bridgehead atoms. The number of carbonyl (C=O) groups is 1. The number of esters is 1. The molecule has 3 rings (SSSR count). The first-order valence-electron chi connectivity index (χ1n) is 7.09. The number of fused-ring (bicyclic) bond motifs is 5. The smallest absolute Gasteiger partial charge is 0.426 e. The van der Waals surface area contributed by atoms with Crippen molar-refractivity contribution in [1.82, 2.24) is 0 Å². The van der Waals surface area contributed by atoms with Gasteiger partial charge in [-0.25, -0.2) is 4.79 Å². The Balaban J connectivity index is 1.91. The van der Waals surface area contributed by atoms with Gasteiger partial charge in [-0.2, -0.15) is 26.3 Å². The van der Waals surface area contributed by atoms with Crippen molar-refractivity contribution >= 4 is 5.97 Å². The average molecular weight is 344 g/mol. The van der Waals surface area contributed by atoms with Crippen molar-refractivity contribution in [3.05, 3.63) is 12.2 Å². The van der Waals surface area contributed by atoms with Crippen LogP contribution < -0.4 is 0 Å². The number of halogens is 6. The van der Waals surface area contributed by atoms with E-state index in [9.17, 15) is 31.1 Å². The summed E-state index contributed by atoms with van der Waals surface area (Å²) in [6, 6.07) is 0. The summed E-state index contributed by atoms with van der Waals surface area (Å²) in [5.74, 6) is -4.21. The fraction of sp³-hybridized carbons (Fsp3) is 0.786. The van der Waals surface area contributed by atoms with Crippen molar-refractivity contribution in [1.29, 1.82) is 0 Å². The number of carbonyl (C=O) groups excluding carboxylic acids is 1. The lowest BCUT2D eigenvalue weighted by molar-refractivity contribution is -0.470.